The molecule has 0 spiro atoms. The minimum Gasteiger partial charge on any atom is -0.367 e. The van der Waals surface area contributed by atoms with Gasteiger partial charge in [0.1, 0.15) is 4.32 Å². The van der Waals surface area contributed by atoms with Crippen LogP contribution in [-0.2, 0) is 9.84 Å². The molecule has 70 valence electrons. The van der Waals surface area contributed by atoms with Crippen LogP contribution in [0.1, 0.15) is 6.42 Å². The van der Waals surface area contributed by atoms with E-state index in [1.54, 1.807) is 0 Å². The molecular weight excluding hydrogens is 214 g/mol. The molecule has 0 radical (unpaired) electrons. The molecule has 1 atom stereocenters. The molecule has 0 saturated carbocycles. The summed E-state index contributed by atoms with van der Waals surface area (Å²) in [4.78, 5) is 0. The van der Waals surface area contributed by atoms with Crippen LogP contribution in [0.4, 0.5) is 0 Å². The van der Waals surface area contributed by atoms with Gasteiger partial charge < -0.3 is 5.32 Å². The molecule has 0 aliphatic carbocycles. The molecule has 1 aliphatic rings. The zero-order chi connectivity index (χ0) is 9.19. The lowest BCUT2D eigenvalue weighted by Gasteiger charge is -2.10. The average Bonchev–Trinajstić information content (AvgIpc) is 2.30. The van der Waals surface area contributed by atoms with Crippen LogP contribution in [0.5, 0.6) is 0 Å². The van der Waals surface area contributed by atoms with Crippen molar-refractivity contribution < 1.29 is 8.42 Å². The van der Waals surface area contributed by atoms with E-state index in [9.17, 15) is 8.42 Å². The number of hydrogen-bond acceptors (Lipinski definition) is 4. The highest BCUT2D eigenvalue weighted by Gasteiger charge is 2.27. The summed E-state index contributed by atoms with van der Waals surface area (Å²) in [6, 6.07) is 0.0370. The normalized spacial score (nSPS) is 26.9. The summed E-state index contributed by atoms with van der Waals surface area (Å²) in [6.07, 6.45) is 2.56. The zero-order valence-electron chi connectivity index (χ0n) is 6.74. The predicted octanol–water partition coefficient (Wildman–Crippen LogP) is 0.411. The van der Waals surface area contributed by atoms with Gasteiger partial charge in [-0.25, -0.2) is 8.42 Å². The molecule has 1 rings (SSSR count). The third-order valence-corrected chi connectivity index (χ3v) is 4.61. The fraction of sp³-hybridized carbons (Fsp3) is 0.833. The average molecular weight is 225 g/mol. The van der Waals surface area contributed by atoms with Crippen LogP contribution in [0, 0.1) is 0 Å². The molecule has 12 heavy (non-hydrogen) atoms. The number of nitrogens with one attached hydrogen (secondary N) is 1. The SMILES string of the molecule is CSC(=S)NC1CCS(=O)(=O)C1. The van der Waals surface area contributed by atoms with Crippen molar-refractivity contribution in [3.05, 3.63) is 0 Å². The van der Waals surface area contributed by atoms with Gasteiger partial charge in [0.25, 0.3) is 0 Å². The first kappa shape index (κ1) is 10.3. The van der Waals surface area contributed by atoms with Gasteiger partial charge in [0.15, 0.2) is 9.84 Å². The van der Waals surface area contributed by atoms with Crippen molar-refractivity contribution in [2.75, 3.05) is 17.8 Å². The lowest BCUT2D eigenvalue weighted by Crippen LogP contribution is -2.32. The Morgan fingerprint density at radius 3 is 2.75 bits per heavy atom. The van der Waals surface area contributed by atoms with Gasteiger partial charge >= 0.3 is 0 Å². The van der Waals surface area contributed by atoms with E-state index in [-0.39, 0.29) is 11.8 Å². The summed E-state index contributed by atoms with van der Waals surface area (Å²) in [5.41, 5.74) is 0. The van der Waals surface area contributed by atoms with Crippen LogP contribution in [0.25, 0.3) is 0 Å². The van der Waals surface area contributed by atoms with Crippen molar-refractivity contribution in [3.8, 4) is 0 Å². The molecule has 3 nitrogen and oxygen atoms in total. The van der Waals surface area contributed by atoms with E-state index in [4.69, 9.17) is 12.2 Å². The first-order chi connectivity index (χ1) is 5.53. The Labute approximate surface area is 82.2 Å². The molecule has 1 saturated heterocycles. The van der Waals surface area contributed by atoms with E-state index in [0.717, 1.165) is 0 Å². The molecule has 6 heteroatoms. The van der Waals surface area contributed by atoms with E-state index in [0.29, 0.717) is 16.5 Å². The minimum absolute atomic E-state index is 0.0370. The number of sulfone groups is 1. The summed E-state index contributed by atoms with van der Waals surface area (Å²) >= 11 is 6.36. The van der Waals surface area contributed by atoms with Gasteiger partial charge in [-0.3, -0.25) is 0 Å². The molecule has 1 N–H and O–H groups in total. The zero-order valence-corrected chi connectivity index (χ0v) is 9.19. The molecular formula is C6H11NO2S3. The number of thioether (sulfide) groups is 1. The molecule has 0 amide bonds. The molecule has 1 unspecified atom stereocenters. The third-order valence-electron chi connectivity index (χ3n) is 1.74. The van der Waals surface area contributed by atoms with E-state index in [2.05, 4.69) is 5.32 Å². The topological polar surface area (TPSA) is 46.2 Å². The van der Waals surface area contributed by atoms with Crippen molar-refractivity contribution in [1.82, 2.24) is 5.32 Å². The second kappa shape index (κ2) is 3.93. The summed E-state index contributed by atoms with van der Waals surface area (Å²) in [5, 5.41) is 3.00. The molecule has 0 bridgehead atoms. The van der Waals surface area contributed by atoms with Gasteiger partial charge in [-0.05, 0) is 12.7 Å². The quantitative estimate of drug-likeness (QED) is 0.655. The summed E-state index contributed by atoms with van der Waals surface area (Å²) in [7, 11) is -2.78. The van der Waals surface area contributed by atoms with E-state index in [1.807, 2.05) is 6.26 Å². The maximum absolute atomic E-state index is 11.0. The van der Waals surface area contributed by atoms with E-state index in [1.165, 1.54) is 11.8 Å². The van der Waals surface area contributed by atoms with Crippen molar-refractivity contribution in [3.63, 3.8) is 0 Å². The Hall–Kier alpha value is 0.190. The highest BCUT2D eigenvalue weighted by atomic mass is 32.2. The Balaban J connectivity index is 2.43. The van der Waals surface area contributed by atoms with Gasteiger partial charge in [0, 0.05) is 6.04 Å². The smallest absolute Gasteiger partial charge is 0.152 e. The fourth-order valence-electron chi connectivity index (χ4n) is 1.13. The Bertz CT molecular complexity index is 273. The Kier molecular flexibility index (Phi) is 3.37. The maximum Gasteiger partial charge on any atom is 0.152 e. The number of hydrogen-bond donors (Lipinski definition) is 1. The van der Waals surface area contributed by atoms with Gasteiger partial charge in [0.05, 0.1) is 11.5 Å². The lowest BCUT2D eigenvalue weighted by molar-refractivity contribution is 0.600. The second-order valence-electron chi connectivity index (χ2n) is 2.74. The van der Waals surface area contributed by atoms with Crippen LogP contribution in [0.3, 0.4) is 0 Å². The molecule has 0 aromatic carbocycles. The first-order valence-corrected chi connectivity index (χ1v) is 7.04. The van der Waals surface area contributed by atoms with Crippen LogP contribution >= 0.6 is 24.0 Å². The number of rotatable bonds is 1. The Morgan fingerprint density at radius 1 is 1.67 bits per heavy atom. The van der Waals surface area contributed by atoms with Gasteiger partial charge in [0.2, 0.25) is 0 Å². The monoisotopic (exact) mass is 225 g/mol. The van der Waals surface area contributed by atoms with E-state index >= 15 is 0 Å². The van der Waals surface area contributed by atoms with E-state index < -0.39 is 9.84 Å². The molecule has 0 aromatic rings. The lowest BCUT2D eigenvalue weighted by atomic mass is 10.3. The van der Waals surface area contributed by atoms with Gasteiger partial charge in [-0.2, -0.15) is 0 Å². The molecule has 1 heterocycles. The largest absolute Gasteiger partial charge is 0.367 e. The van der Waals surface area contributed by atoms with Crippen molar-refractivity contribution in [1.29, 1.82) is 0 Å². The molecule has 1 aliphatic heterocycles. The van der Waals surface area contributed by atoms with Crippen LogP contribution in [0.15, 0.2) is 0 Å². The first-order valence-electron chi connectivity index (χ1n) is 3.58. The second-order valence-corrected chi connectivity index (χ2v) is 6.45. The van der Waals surface area contributed by atoms with Crippen molar-refractivity contribution in [2.45, 2.75) is 12.5 Å². The highest BCUT2D eigenvalue weighted by molar-refractivity contribution is 8.22. The van der Waals surface area contributed by atoms with Gasteiger partial charge in [-0.1, -0.05) is 12.2 Å². The van der Waals surface area contributed by atoms with Crippen LogP contribution in [0.2, 0.25) is 0 Å². The third kappa shape index (κ3) is 2.91. The Morgan fingerprint density at radius 2 is 2.33 bits per heavy atom. The summed E-state index contributed by atoms with van der Waals surface area (Å²) in [6.45, 7) is 0. The van der Waals surface area contributed by atoms with Crippen LogP contribution in [-0.4, -0.2) is 36.5 Å². The number of thiocarbonyl (C=S) groups is 1. The summed E-state index contributed by atoms with van der Waals surface area (Å²) in [5.74, 6) is 0.523. The minimum atomic E-state index is -2.78. The van der Waals surface area contributed by atoms with Crippen molar-refractivity contribution >= 4 is 38.1 Å². The summed E-state index contributed by atoms with van der Waals surface area (Å²) < 4.78 is 22.7. The van der Waals surface area contributed by atoms with Crippen LogP contribution < -0.4 is 5.32 Å². The molecule has 1 fully saturated rings. The fourth-order valence-corrected chi connectivity index (χ4v) is 3.26. The maximum atomic E-state index is 11.0. The molecule has 0 aromatic heterocycles. The van der Waals surface area contributed by atoms with Crippen molar-refractivity contribution in [2.24, 2.45) is 0 Å². The van der Waals surface area contributed by atoms with Gasteiger partial charge in [-0.15, -0.1) is 11.8 Å². The standard InChI is InChI=1S/C6H11NO2S3/c1-11-6(10)7-5-2-3-12(8,9)4-5/h5H,2-4H2,1H3,(H,7,10). The predicted molar refractivity (Wildman–Crippen MR) is 56.3 cm³/mol. The highest BCUT2D eigenvalue weighted by Crippen LogP contribution is 2.12.